The standard InChI is InChI=1S/C29H33Cl2N7O2/c1-18(39)34-28-23-16-37(17-24(23)28)15-19-4-5-32-26(10-19)40-25-14-33-29(38-7-3-6-36(2)8-9-38)35-27(25)20-11-21(30)13-22(31)12-20/h4-5,10-14,23-24,28H,3,6-9,15-17H2,1-2H3,(H,34,39). The van der Waals surface area contributed by atoms with E-state index >= 15 is 0 Å². The lowest BCUT2D eigenvalue weighted by Crippen LogP contribution is -2.33. The maximum Gasteiger partial charge on any atom is 0.226 e. The van der Waals surface area contributed by atoms with Gasteiger partial charge < -0.3 is 19.9 Å². The first-order chi connectivity index (χ1) is 19.3. The number of rotatable bonds is 7. The molecule has 2 saturated heterocycles. The Bertz CT molecular complexity index is 1370. The SMILES string of the molecule is CC(=O)NC1C2CN(Cc3ccnc(Oc4cnc(N5CCCN(C)CC5)nc4-c4cc(Cl)cc(Cl)c4)c3)CC21. The number of anilines is 1. The maximum atomic E-state index is 11.4. The van der Waals surface area contributed by atoms with Crippen LogP contribution in [0, 0.1) is 11.8 Å². The highest BCUT2D eigenvalue weighted by Crippen LogP contribution is 2.46. The van der Waals surface area contributed by atoms with Crippen LogP contribution in [0.4, 0.5) is 5.95 Å². The number of nitrogens with one attached hydrogen (secondary N) is 1. The zero-order valence-corrected chi connectivity index (χ0v) is 24.2. The molecule has 6 rings (SSSR count). The Hall–Kier alpha value is -2.98. The smallest absolute Gasteiger partial charge is 0.226 e. The molecule has 3 aliphatic rings. The van der Waals surface area contributed by atoms with Gasteiger partial charge in [-0.05, 0) is 61.7 Å². The molecule has 11 heteroatoms. The van der Waals surface area contributed by atoms with Gasteiger partial charge in [0.15, 0.2) is 5.75 Å². The van der Waals surface area contributed by atoms with Crippen LogP contribution >= 0.6 is 23.2 Å². The molecule has 2 unspecified atom stereocenters. The van der Waals surface area contributed by atoms with E-state index < -0.39 is 0 Å². The van der Waals surface area contributed by atoms with Gasteiger partial charge in [-0.2, -0.15) is 0 Å². The molecule has 2 atom stereocenters. The Morgan fingerprint density at radius 1 is 1.05 bits per heavy atom. The average Bonchev–Trinajstić information content (AvgIpc) is 3.42. The minimum Gasteiger partial charge on any atom is -0.435 e. The fourth-order valence-electron chi connectivity index (χ4n) is 5.90. The highest BCUT2D eigenvalue weighted by Gasteiger charge is 2.55. The number of benzene rings is 1. The number of hydrogen-bond acceptors (Lipinski definition) is 8. The van der Waals surface area contributed by atoms with Gasteiger partial charge in [0.2, 0.25) is 17.7 Å². The molecule has 0 bridgehead atoms. The van der Waals surface area contributed by atoms with E-state index in [4.69, 9.17) is 32.9 Å². The molecule has 0 spiro atoms. The molecule has 1 saturated carbocycles. The highest BCUT2D eigenvalue weighted by molar-refractivity contribution is 6.35. The molecule has 0 radical (unpaired) electrons. The van der Waals surface area contributed by atoms with Crippen molar-refractivity contribution < 1.29 is 9.53 Å². The second kappa shape index (κ2) is 11.5. The van der Waals surface area contributed by atoms with Gasteiger partial charge in [0.05, 0.1) is 6.20 Å². The number of carbonyl (C=O) groups excluding carboxylic acids is 1. The Morgan fingerprint density at radius 2 is 1.82 bits per heavy atom. The third kappa shape index (κ3) is 6.17. The minimum absolute atomic E-state index is 0.0531. The van der Waals surface area contributed by atoms with Gasteiger partial charge in [-0.15, -0.1) is 0 Å². The fraction of sp³-hybridized carbons (Fsp3) is 0.448. The number of pyridine rings is 1. The van der Waals surface area contributed by atoms with Crippen LogP contribution in [0.25, 0.3) is 11.3 Å². The van der Waals surface area contributed by atoms with Crippen molar-refractivity contribution in [1.29, 1.82) is 0 Å². The zero-order valence-electron chi connectivity index (χ0n) is 22.7. The van der Waals surface area contributed by atoms with Gasteiger partial charge in [0.1, 0.15) is 5.69 Å². The Balaban J connectivity index is 1.22. The Kier molecular flexibility index (Phi) is 7.81. The van der Waals surface area contributed by atoms with Crippen LogP contribution in [0.1, 0.15) is 18.9 Å². The monoisotopic (exact) mass is 581 g/mol. The van der Waals surface area contributed by atoms with E-state index in [0.717, 1.165) is 63.4 Å². The van der Waals surface area contributed by atoms with E-state index in [0.29, 0.717) is 51.2 Å². The second-order valence-electron chi connectivity index (χ2n) is 11.0. The van der Waals surface area contributed by atoms with Crippen LogP contribution in [-0.4, -0.2) is 83.0 Å². The molecule has 1 aliphatic carbocycles. The van der Waals surface area contributed by atoms with Crippen molar-refractivity contribution >= 4 is 35.1 Å². The summed E-state index contributed by atoms with van der Waals surface area (Å²) in [4.78, 5) is 32.4. The van der Waals surface area contributed by atoms with Gasteiger partial charge in [0.25, 0.3) is 0 Å². The van der Waals surface area contributed by atoms with Crippen molar-refractivity contribution in [3.05, 3.63) is 58.3 Å². The van der Waals surface area contributed by atoms with Crippen molar-refractivity contribution in [2.75, 3.05) is 51.2 Å². The predicted molar refractivity (Wildman–Crippen MR) is 156 cm³/mol. The summed E-state index contributed by atoms with van der Waals surface area (Å²) in [6.07, 6.45) is 4.52. The molecule has 1 aromatic carbocycles. The molecule has 210 valence electrons. The topological polar surface area (TPSA) is 86.7 Å². The van der Waals surface area contributed by atoms with Crippen molar-refractivity contribution in [1.82, 2.24) is 30.1 Å². The number of ether oxygens (including phenoxy) is 1. The Morgan fingerprint density at radius 3 is 2.58 bits per heavy atom. The third-order valence-electron chi connectivity index (χ3n) is 7.94. The number of hydrogen-bond donors (Lipinski definition) is 1. The van der Waals surface area contributed by atoms with E-state index in [-0.39, 0.29) is 5.91 Å². The molecule has 4 heterocycles. The lowest BCUT2D eigenvalue weighted by molar-refractivity contribution is -0.119. The van der Waals surface area contributed by atoms with Gasteiger partial charge in [0, 0.05) is 80.1 Å². The van der Waals surface area contributed by atoms with Gasteiger partial charge in [-0.1, -0.05) is 23.2 Å². The predicted octanol–water partition coefficient (Wildman–Crippen LogP) is 4.35. The van der Waals surface area contributed by atoms with Gasteiger partial charge in [-0.3, -0.25) is 9.69 Å². The van der Waals surface area contributed by atoms with Gasteiger partial charge in [-0.25, -0.2) is 15.0 Å². The minimum atomic E-state index is 0.0531. The van der Waals surface area contributed by atoms with Crippen LogP contribution < -0.4 is 15.0 Å². The second-order valence-corrected chi connectivity index (χ2v) is 11.9. The zero-order chi connectivity index (χ0) is 27.8. The first-order valence-corrected chi connectivity index (χ1v) is 14.5. The third-order valence-corrected chi connectivity index (χ3v) is 8.38. The summed E-state index contributed by atoms with van der Waals surface area (Å²) in [5, 5.41) is 4.11. The van der Waals surface area contributed by atoms with E-state index in [1.807, 2.05) is 24.3 Å². The number of likely N-dealkylation sites (N-methyl/N-ethyl adjacent to an activating group) is 1. The Labute approximate surface area is 244 Å². The molecule has 40 heavy (non-hydrogen) atoms. The quantitative estimate of drug-likeness (QED) is 0.441. The largest absolute Gasteiger partial charge is 0.435 e. The summed E-state index contributed by atoms with van der Waals surface area (Å²) in [6, 6.07) is 9.67. The molecule has 9 nitrogen and oxygen atoms in total. The first-order valence-electron chi connectivity index (χ1n) is 13.7. The molecule has 2 aliphatic heterocycles. The van der Waals surface area contributed by atoms with Crippen LogP contribution in [-0.2, 0) is 11.3 Å². The molecule has 2 aromatic heterocycles. The van der Waals surface area contributed by atoms with E-state index in [2.05, 4.69) is 37.0 Å². The van der Waals surface area contributed by atoms with Gasteiger partial charge >= 0.3 is 0 Å². The van der Waals surface area contributed by atoms with Crippen molar-refractivity contribution in [2.24, 2.45) is 11.8 Å². The summed E-state index contributed by atoms with van der Waals surface area (Å²) in [6.45, 7) is 8.07. The molecule has 3 fully saturated rings. The summed E-state index contributed by atoms with van der Waals surface area (Å²) in [7, 11) is 2.14. The number of aromatic nitrogens is 3. The van der Waals surface area contributed by atoms with E-state index in [1.54, 1.807) is 25.4 Å². The molecule has 1 N–H and O–H groups in total. The number of halogens is 2. The summed E-state index contributed by atoms with van der Waals surface area (Å²) in [5.74, 6) is 2.76. The van der Waals surface area contributed by atoms with E-state index in [1.165, 1.54) is 0 Å². The summed E-state index contributed by atoms with van der Waals surface area (Å²) >= 11 is 12.7. The number of piperidine rings is 1. The maximum absolute atomic E-state index is 11.4. The van der Waals surface area contributed by atoms with Crippen LogP contribution in [0.15, 0.2) is 42.7 Å². The van der Waals surface area contributed by atoms with E-state index in [9.17, 15) is 4.79 Å². The summed E-state index contributed by atoms with van der Waals surface area (Å²) < 4.78 is 6.31. The summed E-state index contributed by atoms with van der Waals surface area (Å²) in [5.41, 5.74) is 2.48. The number of fused-ring (bicyclic) bond motifs is 1. The number of amides is 1. The van der Waals surface area contributed by atoms with Crippen molar-refractivity contribution in [3.63, 3.8) is 0 Å². The molecule has 1 amide bonds. The number of likely N-dealkylation sites (tertiary alicyclic amines) is 1. The first kappa shape index (κ1) is 27.2. The number of nitrogens with zero attached hydrogens (tertiary/aromatic N) is 6. The molecular formula is C29H33Cl2N7O2. The number of carbonyl (C=O) groups is 1. The van der Waals surface area contributed by atoms with Crippen LogP contribution in [0.5, 0.6) is 11.6 Å². The molecular weight excluding hydrogens is 549 g/mol. The molecule has 3 aromatic rings. The fourth-order valence-corrected chi connectivity index (χ4v) is 6.43. The normalized spacial score (nSPS) is 23.0. The average molecular weight is 583 g/mol. The lowest BCUT2D eigenvalue weighted by atomic mass is 10.1. The van der Waals surface area contributed by atoms with Crippen LogP contribution in [0.3, 0.4) is 0 Å². The highest BCUT2D eigenvalue weighted by atomic mass is 35.5. The van der Waals surface area contributed by atoms with Crippen molar-refractivity contribution in [3.8, 4) is 22.9 Å². The van der Waals surface area contributed by atoms with Crippen LogP contribution in [0.2, 0.25) is 10.0 Å². The van der Waals surface area contributed by atoms with Crippen molar-refractivity contribution in [2.45, 2.75) is 25.9 Å². The lowest BCUT2D eigenvalue weighted by Gasteiger charge is -2.22.